The van der Waals surface area contributed by atoms with E-state index < -0.39 is 5.97 Å². The zero-order valence-corrected chi connectivity index (χ0v) is 14.3. The van der Waals surface area contributed by atoms with Crippen LogP contribution >= 0.6 is 38.5 Å². The van der Waals surface area contributed by atoms with Crippen molar-refractivity contribution in [1.29, 1.82) is 0 Å². The molecule has 0 aliphatic heterocycles. The van der Waals surface area contributed by atoms with Gasteiger partial charge in [-0.25, -0.2) is 4.68 Å². The van der Waals surface area contributed by atoms with E-state index in [0.717, 1.165) is 3.57 Å². The van der Waals surface area contributed by atoms with E-state index in [0.29, 0.717) is 15.7 Å². The Kier molecular flexibility index (Phi) is 5.28. The van der Waals surface area contributed by atoms with Crippen LogP contribution < -0.4 is 5.32 Å². The fourth-order valence-electron chi connectivity index (χ4n) is 1.57. The van der Waals surface area contributed by atoms with Gasteiger partial charge in [0, 0.05) is 8.04 Å². The Hall–Kier alpha value is -1.49. The molecule has 0 atom stereocenters. The lowest BCUT2D eigenvalue weighted by atomic mass is 10.2. The molecule has 0 saturated carbocycles. The van der Waals surface area contributed by atoms with Crippen LogP contribution in [0.25, 0.3) is 0 Å². The molecular weight excluding hydrogens is 455 g/mol. The van der Waals surface area contributed by atoms with Crippen molar-refractivity contribution < 1.29 is 14.7 Å². The van der Waals surface area contributed by atoms with Gasteiger partial charge in [-0.3, -0.25) is 9.59 Å². The molecule has 0 aliphatic rings. The van der Waals surface area contributed by atoms with Crippen LogP contribution in [0.15, 0.2) is 28.9 Å². The fourth-order valence-corrected chi connectivity index (χ4v) is 2.49. The highest BCUT2D eigenvalue weighted by Gasteiger charge is 2.11. The number of aromatic nitrogens is 3. The van der Waals surface area contributed by atoms with Gasteiger partial charge < -0.3 is 10.4 Å². The van der Waals surface area contributed by atoms with Crippen molar-refractivity contribution in [1.82, 2.24) is 20.3 Å². The Morgan fingerprint density at radius 2 is 2.19 bits per heavy atom. The maximum absolute atomic E-state index is 12.1. The minimum absolute atomic E-state index is 0.177. The van der Waals surface area contributed by atoms with Gasteiger partial charge >= 0.3 is 5.97 Å². The molecule has 1 aromatic carbocycles. The second-order valence-corrected chi connectivity index (χ2v) is 6.21. The van der Waals surface area contributed by atoms with Crippen LogP contribution in [0.4, 0.5) is 0 Å². The van der Waals surface area contributed by atoms with Gasteiger partial charge in [-0.2, -0.15) is 0 Å². The summed E-state index contributed by atoms with van der Waals surface area (Å²) < 4.78 is 2.86. The Bertz CT molecular complexity index is 689. The lowest BCUT2D eigenvalue weighted by Crippen LogP contribution is -2.23. The van der Waals surface area contributed by atoms with E-state index in [9.17, 15) is 9.59 Å². The lowest BCUT2D eigenvalue weighted by Gasteiger charge is -2.05. The Morgan fingerprint density at radius 3 is 2.90 bits per heavy atom. The number of hydrogen-bond acceptors (Lipinski definition) is 4. The first-order valence-electron chi connectivity index (χ1n) is 5.80. The first-order chi connectivity index (χ1) is 9.95. The van der Waals surface area contributed by atoms with Crippen molar-refractivity contribution in [2.45, 2.75) is 13.1 Å². The van der Waals surface area contributed by atoms with Crippen LogP contribution in [0.2, 0.25) is 0 Å². The van der Waals surface area contributed by atoms with E-state index in [2.05, 4.69) is 54.1 Å². The quantitative estimate of drug-likeness (QED) is 0.656. The summed E-state index contributed by atoms with van der Waals surface area (Å²) in [5.41, 5.74) is 1.02. The molecule has 0 spiro atoms. The lowest BCUT2D eigenvalue weighted by molar-refractivity contribution is -0.137. The van der Waals surface area contributed by atoms with Crippen molar-refractivity contribution in [2.75, 3.05) is 0 Å². The molecule has 0 aliphatic carbocycles. The maximum atomic E-state index is 12.1. The number of nitrogens with zero attached hydrogens (tertiary/aromatic N) is 3. The average Bonchev–Trinajstić information content (AvgIpc) is 2.85. The SMILES string of the molecule is O=C(O)Cn1cc(CNC(=O)c2cc(I)ccc2Br)nn1. The summed E-state index contributed by atoms with van der Waals surface area (Å²) in [6.07, 6.45) is 1.48. The van der Waals surface area contributed by atoms with E-state index in [1.807, 2.05) is 6.07 Å². The summed E-state index contributed by atoms with van der Waals surface area (Å²) in [5, 5.41) is 18.8. The molecule has 7 nitrogen and oxygen atoms in total. The molecule has 21 heavy (non-hydrogen) atoms. The third kappa shape index (κ3) is 4.49. The van der Waals surface area contributed by atoms with Gasteiger partial charge in [-0.1, -0.05) is 5.21 Å². The molecule has 0 fully saturated rings. The zero-order valence-electron chi connectivity index (χ0n) is 10.6. The molecule has 2 rings (SSSR count). The maximum Gasteiger partial charge on any atom is 0.325 e. The van der Waals surface area contributed by atoms with E-state index in [4.69, 9.17) is 5.11 Å². The number of carboxylic acid groups (broad SMARTS) is 1. The molecule has 9 heteroatoms. The largest absolute Gasteiger partial charge is 0.480 e. The molecule has 2 aromatic rings. The van der Waals surface area contributed by atoms with Gasteiger partial charge in [-0.15, -0.1) is 5.10 Å². The summed E-state index contributed by atoms with van der Waals surface area (Å²) in [7, 11) is 0. The first kappa shape index (κ1) is 15.9. The predicted octanol–water partition coefficient (Wildman–Crippen LogP) is 1.66. The van der Waals surface area contributed by atoms with Crippen molar-refractivity contribution in [2.24, 2.45) is 0 Å². The zero-order chi connectivity index (χ0) is 15.4. The second-order valence-electron chi connectivity index (χ2n) is 4.11. The van der Waals surface area contributed by atoms with Crippen LogP contribution in [0.5, 0.6) is 0 Å². The number of nitrogens with one attached hydrogen (secondary N) is 1. The van der Waals surface area contributed by atoms with Gasteiger partial charge in [0.15, 0.2) is 0 Å². The first-order valence-corrected chi connectivity index (χ1v) is 7.67. The summed E-state index contributed by atoms with van der Waals surface area (Å²) >= 11 is 5.45. The number of aliphatic carboxylic acids is 1. The minimum atomic E-state index is -1.00. The average molecular weight is 465 g/mol. The van der Waals surface area contributed by atoms with Gasteiger partial charge in [0.1, 0.15) is 12.2 Å². The van der Waals surface area contributed by atoms with Crippen molar-refractivity contribution in [3.05, 3.63) is 43.7 Å². The van der Waals surface area contributed by atoms with Crippen LogP contribution in [0.3, 0.4) is 0 Å². The van der Waals surface area contributed by atoms with E-state index in [1.54, 1.807) is 12.1 Å². The predicted molar refractivity (Wildman–Crippen MR) is 85.7 cm³/mol. The number of carbonyl (C=O) groups is 2. The molecule has 1 heterocycles. The number of rotatable bonds is 5. The van der Waals surface area contributed by atoms with Gasteiger partial charge in [0.05, 0.1) is 18.3 Å². The number of carbonyl (C=O) groups excluding carboxylic acids is 1. The topological polar surface area (TPSA) is 97.1 Å². The minimum Gasteiger partial charge on any atom is -0.480 e. The van der Waals surface area contributed by atoms with Gasteiger partial charge in [-0.05, 0) is 56.7 Å². The Labute approximate surface area is 142 Å². The van der Waals surface area contributed by atoms with Crippen molar-refractivity contribution in [3.8, 4) is 0 Å². The van der Waals surface area contributed by atoms with E-state index in [1.165, 1.54) is 10.9 Å². The molecule has 1 amide bonds. The van der Waals surface area contributed by atoms with E-state index in [-0.39, 0.29) is 19.0 Å². The van der Waals surface area contributed by atoms with Gasteiger partial charge in [0.2, 0.25) is 0 Å². The second kappa shape index (κ2) is 6.98. The smallest absolute Gasteiger partial charge is 0.325 e. The molecule has 2 N–H and O–H groups in total. The van der Waals surface area contributed by atoms with Crippen LogP contribution in [-0.2, 0) is 17.9 Å². The summed E-state index contributed by atoms with van der Waals surface area (Å²) in [6, 6.07) is 5.46. The van der Waals surface area contributed by atoms with Crippen molar-refractivity contribution >= 4 is 50.4 Å². The normalized spacial score (nSPS) is 10.4. The standard InChI is InChI=1S/C12H10BrIN4O3/c13-10-2-1-7(14)3-9(10)12(21)15-4-8-5-18(17-16-8)6-11(19)20/h1-3,5H,4,6H2,(H,15,21)(H,19,20). The Morgan fingerprint density at radius 1 is 1.43 bits per heavy atom. The number of carboxylic acids is 1. The molecule has 0 radical (unpaired) electrons. The monoisotopic (exact) mass is 464 g/mol. The molecule has 0 saturated heterocycles. The summed E-state index contributed by atoms with van der Waals surface area (Å²) in [4.78, 5) is 22.6. The number of amides is 1. The Balaban J connectivity index is 1.99. The molecular formula is C12H10BrIN4O3. The highest BCUT2D eigenvalue weighted by atomic mass is 127. The van der Waals surface area contributed by atoms with Crippen LogP contribution in [-0.4, -0.2) is 32.0 Å². The van der Waals surface area contributed by atoms with Crippen molar-refractivity contribution in [3.63, 3.8) is 0 Å². The highest BCUT2D eigenvalue weighted by molar-refractivity contribution is 14.1. The summed E-state index contributed by atoms with van der Waals surface area (Å²) in [6.45, 7) is -0.0836. The van der Waals surface area contributed by atoms with Gasteiger partial charge in [0.25, 0.3) is 5.91 Å². The molecule has 110 valence electrons. The molecule has 0 unspecified atom stereocenters. The number of benzene rings is 1. The molecule has 1 aromatic heterocycles. The van der Waals surface area contributed by atoms with Crippen LogP contribution in [0, 0.1) is 3.57 Å². The third-order valence-corrected chi connectivity index (χ3v) is 3.85. The van der Waals surface area contributed by atoms with Crippen LogP contribution in [0.1, 0.15) is 16.1 Å². The molecule has 0 bridgehead atoms. The number of halogens is 2. The summed E-state index contributed by atoms with van der Waals surface area (Å²) in [5.74, 6) is -1.24. The fraction of sp³-hybridized carbons (Fsp3) is 0.167. The van der Waals surface area contributed by atoms with E-state index >= 15 is 0 Å². The highest BCUT2D eigenvalue weighted by Crippen LogP contribution is 2.19. The number of hydrogen-bond donors (Lipinski definition) is 2. The third-order valence-electron chi connectivity index (χ3n) is 2.49.